The maximum atomic E-state index is 13.3. The number of fused-ring (bicyclic) bond motifs is 2. The van der Waals surface area contributed by atoms with Gasteiger partial charge in [-0.2, -0.15) is 9.78 Å². The first-order valence-electron chi connectivity index (χ1n) is 11.7. The third-order valence-electron chi connectivity index (χ3n) is 6.25. The molecule has 0 spiro atoms. The summed E-state index contributed by atoms with van der Waals surface area (Å²) in [5.41, 5.74) is 5.05. The molecule has 0 aliphatic heterocycles. The average Bonchev–Trinajstić information content (AvgIpc) is 3.55. The van der Waals surface area contributed by atoms with Crippen LogP contribution in [0.1, 0.15) is 52.8 Å². The van der Waals surface area contributed by atoms with Crippen LogP contribution < -0.4 is 5.32 Å². The van der Waals surface area contributed by atoms with Gasteiger partial charge in [-0.05, 0) is 56.5 Å². The minimum Gasteiger partial charge on any atom is -0.352 e. The van der Waals surface area contributed by atoms with Crippen LogP contribution >= 0.6 is 0 Å². The van der Waals surface area contributed by atoms with Crippen LogP contribution in [0.4, 0.5) is 0 Å². The zero-order chi connectivity index (χ0) is 23.1. The molecule has 8 heteroatoms. The monoisotopic (exact) mass is 451 g/mol. The van der Waals surface area contributed by atoms with Crippen LogP contribution in [0.2, 0.25) is 0 Å². The molecule has 1 aliphatic carbocycles. The van der Waals surface area contributed by atoms with Crippen LogP contribution in [-0.4, -0.2) is 42.2 Å². The van der Waals surface area contributed by atoms with E-state index in [4.69, 9.17) is 4.98 Å². The Morgan fingerprint density at radius 3 is 2.79 bits per heavy atom. The number of nitrogens with zero attached hydrogens (tertiary/aromatic N) is 5. The third kappa shape index (κ3) is 3.81. The highest BCUT2D eigenvalue weighted by atomic mass is 16.1. The predicted molar refractivity (Wildman–Crippen MR) is 130 cm³/mol. The highest BCUT2D eigenvalue weighted by Crippen LogP contribution is 2.40. The Morgan fingerprint density at radius 2 is 2.00 bits per heavy atom. The summed E-state index contributed by atoms with van der Waals surface area (Å²) in [5, 5.41) is 8.56. The minimum absolute atomic E-state index is 0.0948. The molecule has 170 valence electrons. The molecule has 6 rings (SSSR count). The Morgan fingerprint density at radius 1 is 1.15 bits per heavy atom. The van der Waals surface area contributed by atoms with Crippen molar-refractivity contribution in [2.75, 3.05) is 6.54 Å². The fourth-order valence-corrected chi connectivity index (χ4v) is 4.39. The van der Waals surface area contributed by atoms with E-state index in [1.54, 1.807) is 10.9 Å². The van der Waals surface area contributed by atoms with Gasteiger partial charge in [-0.15, -0.1) is 0 Å². The first kappa shape index (κ1) is 20.5. The molecule has 2 N–H and O–H groups in total. The summed E-state index contributed by atoms with van der Waals surface area (Å²) in [6, 6.07) is 15.6. The van der Waals surface area contributed by atoms with E-state index in [1.165, 1.54) is 0 Å². The summed E-state index contributed by atoms with van der Waals surface area (Å²) in [6.07, 6.45) is 5.51. The van der Waals surface area contributed by atoms with Crippen molar-refractivity contribution >= 4 is 28.0 Å². The van der Waals surface area contributed by atoms with Gasteiger partial charge in [0, 0.05) is 30.8 Å². The number of carbonyl (C=O) groups is 1. The van der Waals surface area contributed by atoms with Crippen LogP contribution in [0.3, 0.4) is 0 Å². The number of pyridine rings is 2. The average molecular weight is 452 g/mol. The third-order valence-corrected chi connectivity index (χ3v) is 6.25. The first-order valence-corrected chi connectivity index (χ1v) is 11.7. The van der Waals surface area contributed by atoms with E-state index < -0.39 is 0 Å². The number of imidazole rings is 1. The molecule has 4 heterocycles. The molecule has 5 aromatic rings. The molecule has 0 atom stereocenters. The molecule has 0 saturated heterocycles. The SMILES string of the molecule is Cc1nn(-c2ccccn2)c2nc(C3CC3)cc(C(=O)NCCCc3nc4ccccc4[nH]3)c12. The zero-order valence-corrected chi connectivity index (χ0v) is 19.0. The van der Waals surface area contributed by atoms with Gasteiger partial charge in [0.1, 0.15) is 5.82 Å². The van der Waals surface area contributed by atoms with Gasteiger partial charge >= 0.3 is 0 Å². The highest BCUT2D eigenvalue weighted by molar-refractivity contribution is 6.06. The van der Waals surface area contributed by atoms with E-state index in [-0.39, 0.29) is 5.91 Å². The largest absolute Gasteiger partial charge is 0.352 e. The molecule has 1 saturated carbocycles. The summed E-state index contributed by atoms with van der Waals surface area (Å²) >= 11 is 0. The lowest BCUT2D eigenvalue weighted by Crippen LogP contribution is -2.25. The van der Waals surface area contributed by atoms with Crippen LogP contribution in [0.5, 0.6) is 0 Å². The molecule has 34 heavy (non-hydrogen) atoms. The topological polar surface area (TPSA) is 101 Å². The highest BCUT2D eigenvalue weighted by Gasteiger charge is 2.29. The summed E-state index contributed by atoms with van der Waals surface area (Å²) in [5.74, 6) is 1.95. The van der Waals surface area contributed by atoms with Gasteiger partial charge in [0.2, 0.25) is 0 Å². The van der Waals surface area contributed by atoms with Crippen LogP contribution in [0.15, 0.2) is 54.7 Å². The number of nitrogens with one attached hydrogen (secondary N) is 2. The fourth-order valence-electron chi connectivity index (χ4n) is 4.39. The summed E-state index contributed by atoms with van der Waals surface area (Å²) in [6.45, 7) is 2.48. The lowest BCUT2D eigenvalue weighted by Gasteiger charge is -2.09. The molecule has 0 bridgehead atoms. The van der Waals surface area contributed by atoms with Gasteiger partial charge in [0.15, 0.2) is 11.5 Å². The summed E-state index contributed by atoms with van der Waals surface area (Å²) in [4.78, 5) is 30.6. The molecule has 0 radical (unpaired) electrons. The lowest BCUT2D eigenvalue weighted by atomic mass is 10.1. The lowest BCUT2D eigenvalue weighted by molar-refractivity contribution is 0.0954. The van der Waals surface area contributed by atoms with E-state index in [2.05, 4.69) is 25.4 Å². The quantitative estimate of drug-likeness (QED) is 0.361. The van der Waals surface area contributed by atoms with Gasteiger partial charge in [0.25, 0.3) is 5.91 Å². The molecule has 1 aliphatic rings. The predicted octanol–water partition coefficient (Wildman–Crippen LogP) is 4.24. The standard InChI is InChI=1S/C26H25N7O/c1-16-24-18(26(34)28-14-6-9-22-29-19-7-2-3-8-20(19)30-22)15-21(17-11-12-17)31-25(24)33(32-16)23-10-4-5-13-27-23/h2-5,7-8,10,13,15,17H,6,9,11-12,14H2,1H3,(H,28,34)(H,29,30). The second kappa shape index (κ2) is 8.37. The smallest absolute Gasteiger partial charge is 0.252 e. The Balaban J connectivity index is 1.24. The van der Waals surface area contributed by atoms with Crippen molar-refractivity contribution in [1.82, 2.24) is 35.0 Å². The van der Waals surface area contributed by atoms with Crippen LogP contribution in [0, 0.1) is 6.92 Å². The van der Waals surface area contributed by atoms with Crippen molar-refractivity contribution < 1.29 is 4.79 Å². The molecule has 4 aromatic heterocycles. The molecule has 8 nitrogen and oxygen atoms in total. The number of hydrogen-bond donors (Lipinski definition) is 2. The number of hydrogen-bond acceptors (Lipinski definition) is 5. The van der Waals surface area contributed by atoms with Gasteiger partial charge < -0.3 is 10.3 Å². The molecular weight excluding hydrogens is 426 g/mol. The number of amides is 1. The van der Waals surface area contributed by atoms with Crippen molar-refractivity contribution in [3.05, 3.63) is 77.5 Å². The second-order valence-corrected chi connectivity index (χ2v) is 8.81. The minimum atomic E-state index is -0.0948. The summed E-state index contributed by atoms with van der Waals surface area (Å²) < 4.78 is 1.74. The van der Waals surface area contributed by atoms with Crippen LogP contribution in [0.25, 0.3) is 27.9 Å². The molecule has 1 amide bonds. The summed E-state index contributed by atoms with van der Waals surface area (Å²) in [7, 11) is 0. The number of H-pyrrole nitrogens is 1. The van der Waals surface area contributed by atoms with Gasteiger partial charge in [-0.1, -0.05) is 18.2 Å². The Kier molecular flexibility index (Phi) is 5.05. The van der Waals surface area contributed by atoms with Crippen molar-refractivity contribution in [1.29, 1.82) is 0 Å². The van der Waals surface area contributed by atoms with E-state index in [1.807, 2.05) is 55.5 Å². The zero-order valence-electron chi connectivity index (χ0n) is 19.0. The number of benzene rings is 1. The Bertz CT molecular complexity index is 1470. The van der Waals surface area contributed by atoms with E-state index >= 15 is 0 Å². The number of carbonyl (C=O) groups excluding carboxylic acids is 1. The maximum absolute atomic E-state index is 13.3. The van der Waals surface area contributed by atoms with Crippen LogP contribution in [-0.2, 0) is 6.42 Å². The van der Waals surface area contributed by atoms with E-state index in [0.29, 0.717) is 29.5 Å². The van der Waals surface area contributed by atoms with Crippen molar-refractivity contribution in [2.45, 2.75) is 38.5 Å². The van der Waals surface area contributed by atoms with E-state index in [0.717, 1.165) is 59.3 Å². The molecular formula is C26H25N7O. The van der Waals surface area contributed by atoms with Crippen molar-refractivity contribution in [2.24, 2.45) is 0 Å². The first-order chi connectivity index (χ1) is 16.7. The Hall–Kier alpha value is -4.07. The molecule has 1 fully saturated rings. The van der Waals surface area contributed by atoms with Crippen molar-refractivity contribution in [3.63, 3.8) is 0 Å². The number of para-hydroxylation sites is 2. The van der Waals surface area contributed by atoms with Crippen molar-refractivity contribution in [3.8, 4) is 5.82 Å². The molecule has 0 unspecified atom stereocenters. The number of rotatable bonds is 7. The second-order valence-electron chi connectivity index (χ2n) is 8.81. The number of aromatic amines is 1. The van der Waals surface area contributed by atoms with Gasteiger partial charge in [0.05, 0.1) is 27.7 Å². The normalized spacial score (nSPS) is 13.6. The van der Waals surface area contributed by atoms with Gasteiger partial charge in [-0.3, -0.25) is 4.79 Å². The van der Waals surface area contributed by atoms with Gasteiger partial charge in [-0.25, -0.2) is 15.0 Å². The molecule has 1 aromatic carbocycles. The number of aromatic nitrogens is 6. The number of aryl methyl sites for hydroxylation is 2. The Labute approximate surface area is 196 Å². The maximum Gasteiger partial charge on any atom is 0.252 e. The fraction of sp³-hybridized carbons (Fsp3) is 0.269. The van der Waals surface area contributed by atoms with E-state index in [9.17, 15) is 4.79 Å².